The zero-order valence-electron chi connectivity index (χ0n) is 42.8. The van der Waals surface area contributed by atoms with E-state index in [4.69, 9.17) is 28.4 Å². The number of aromatic nitrogens is 3. The van der Waals surface area contributed by atoms with E-state index < -0.39 is 0 Å². The van der Waals surface area contributed by atoms with Gasteiger partial charge in [-0.05, 0) is 106 Å². The van der Waals surface area contributed by atoms with E-state index in [1.165, 1.54) is 0 Å². The molecule has 0 spiro atoms. The molecule has 15 nitrogen and oxygen atoms in total. The van der Waals surface area contributed by atoms with Gasteiger partial charge in [-0.2, -0.15) is 0 Å². The Morgan fingerprint density at radius 2 is 0.667 bits per heavy atom. The fraction of sp³-hybridized carbons (Fsp3) is 0.368. The molecule has 6 aromatic rings. The van der Waals surface area contributed by atoms with Gasteiger partial charge in [-0.15, -0.1) is 0 Å². The van der Waals surface area contributed by atoms with Crippen molar-refractivity contribution in [1.82, 2.24) is 15.0 Å². The molecule has 0 saturated heterocycles. The van der Waals surface area contributed by atoms with E-state index in [9.17, 15) is 14.4 Å². The number of carbonyl (C=O) groups is 3. The molecule has 15 heteroatoms. The second kappa shape index (κ2) is 23.4. The number of pyridine rings is 3. The van der Waals surface area contributed by atoms with E-state index in [1.54, 1.807) is 73.6 Å². The summed E-state index contributed by atoms with van der Waals surface area (Å²) in [5, 5.41) is 8.58. The van der Waals surface area contributed by atoms with Crippen molar-refractivity contribution in [3.63, 3.8) is 0 Å². The number of amides is 3. The maximum atomic E-state index is 13.4. The van der Waals surface area contributed by atoms with Crippen molar-refractivity contribution < 1.29 is 42.8 Å². The minimum absolute atomic E-state index is 0.0824. The topological polar surface area (TPSA) is 181 Å². The number of fused-ring (bicyclic) bond motifs is 6. The largest absolute Gasteiger partial charge is 0.483 e. The Balaban J connectivity index is 1.34. The first kappa shape index (κ1) is 52.6. The fourth-order valence-corrected chi connectivity index (χ4v) is 7.89. The van der Waals surface area contributed by atoms with Crippen LogP contribution in [-0.2, 0) is 84.5 Å². The molecule has 1 aliphatic rings. The Hall–Kier alpha value is -7.20. The number of rotatable bonds is 12. The highest BCUT2D eigenvalue weighted by Gasteiger charge is 2.26. The van der Waals surface area contributed by atoms with E-state index in [1.807, 2.05) is 36.4 Å². The number of hydrogen-bond acceptors (Lipinski definition) is 12. The fourth-order valence-electron chi connectivity index (χ4n) is 7.89. The highest BCUT2D eigenvalue weighted by Crippen LogP contribution is 2.38. The molecular weight excluding hydrogens is 913 g/mol. The van der Waals surface area contributed by atoms with Gasteiger partial charge in [-0.1, -0.05) is 62.3 Å². The summed E-state index contributed by atoms with van der Waals surface area (Å²) in [6.07, 6.45) is 9.59. The average Bonchev–Trinajstić information content (AvgIpc) is 3.32. The van der Waals surface area contributed by atoms with Crippen molar-refractivity contribution in [2.24, 2.45) is 0 Å². The maximum absolute atomic E-state index is 13.4. The number of hydrogen-bond donors (Lipinski definition) is 3. The van der Waals surface area contributed by atoms with Crippen molar-refractivity contribution >= 4 is 34.8 Å². The number of ether oxygens (including phenoxy) is 6. The summed E-state index contributed by atoms with van der Waals surface area (Å²) in [7, 11) is 0. The molecule has 3 aromatic carbocycles. The normalized spacial score (nSPS) is 13.5. The third-order valence-corrected chi connectivity index (χ3v) is 11.8. The SMILES string of the molecule is CC(C)(C)c1cc2c(OCC(=O)Nc3cccnc3)c(c1)COCc1cc(C(C)(C)C)cc(c1OCC(=O)Nc1cccnc1)COCc1cc(C(C)(C)C)cc(c1OCC(=O)Nc1cccnc1)COC2. The van der Waals surface area contributed by atoms with E-state index in [-0.39, 0.29) is 93.4 Å². The van der Waals surface area contributed by atoms with Crippen LogP contribution < -0.4 is 30.2 Å². The Bertz CT molecular complexity index is 2440. The Labute approximate surface area is 422 Å². The van der Waals surface area contributed by atoms with Crippen LogP contribution in [0.4, 0.5) is 17.1 Å². The summed E-state index contributed by atoms with van der Waals surface area (Å²) in [4.78, 5) is 52.6. The lowest BCUT2D eigenvalue weighted by Gasteiger charge is -2.26. The standard InChI is InChI=1S/C57H66N6O9/c1-55(2,3)43-19-37-28-67-30-39-21-44(56(4,5)6)23-41(53(39)71-35-50(65)62-47-14-11-17-59-26-47)32-69-33-42-24-45(57(7,8)9)22-40(54(42)72-36-51(66)63-48-15-12-18-60-27-48)31-68-29-38(20-43)52(37)70-34-49(64)61-46-13-10-16-58-25-46/h10-27H,28-36H2,1-9H3,(H,61,64)(H,62,65)(H,63,66). The zero-order chi connectivity index (χ0) is 51.5. The van der Waals surface area contributed by atoms with Gasteiger partial charge in [-0.3, -0.25) is 29.3 Å². The Morgan fingerprint density at radius 1 is 0.431 bits per heavy atom. The highest BCUT2D eigenvalue weighted by molar-refractivity contribution is 5.92. The number of nitrogens with one attached hydrogen (secondary N) is 3. The van der Waals surface area contributed by atoms with Crippen LogP contribution in [0.1, 0.15) is 112 Å². The first-order valence-corrected chi connectivity index (χ1v) is 24.0. The van der Waals surface area contributed by atoms with E-state index in [0.29, 0.717) is 67.7 Å². The van der Waals surface area contributed by atoms with Crippen molar-refractivity contribution in [1.29, 1.82) is 0 Å². The second-order valence-corrected chi connectivity index (χ2v) is 20.8. The summed E-state index contributed by atoms with van der Waals surface area (Å²) in [5.41, 5.74) is 7.88. The first-order valence-electron chi connectivity index (χ1n) is 24.0. The van der Waals surface area contributed by atoms with Crippen molar-refractivity contribution in [3.8, 4) is 17.2 Å². The lowest BCUT2D eigenvalue weighted by molar-refractivity contribution is -0.118. The summed E-state index contributed by atoms with van der Waals surface area (Å²) in [6.45, 7) is 18.7. The van der Waals surface area contributed by atoms with Crippen LogP contribution in [0, 0.1) is 0 Å². The van der Waals surface area contributed by atoms with Gasteiger partial charge in [0.1, 0.15) is 17.2 Å². The molecule has 4 heterocycles. The second-order valence-electron chi connectivity index (χ2n) is 20.8. The maximum Gasteiger partial charge on any atom is 0.262 e. The third-order valence-electron chi connectivity index (χ3n) is 11.8. The average molecular weight is 979 g/mol. The predicted octanol–water partition coefficient (Wildman–Crippen LogP) is 10.3. The van der Waals surface area contributed by atoms with E-state index >= 15 is 0 Å². The van der Waals surface area contributed by atoms with Crippen molar-refractivity contribution in [2.75, 3.05) is 35.8 Å². The summed E-state index contributed by atoms with van der Waals surface area (Å²) in [5.74, 6) is 0.206. The molecule has 0 unspecified atom stereocenters. The van der Waals surface area contributed by atoms with Crippen LogP contribution in [0.15, 0.2) is 110 Å². The van der Waals surface area contributed by atoms with Gasteiger partial charge in [0.2, 0.25) is 0 Å². The molecule has 0 saturated carbocycles. The quantitative estimate of drug-likeness (QED) is 0.106. The molecular formula is C57H66N6O9. The van der Waals surface area contributed by atoms with Gasteiger partial charge in [0, 0.05) is 52.0 Å². The monoisotopic (exact) mass is 978 g/mol. The van der Waals surface area contributed by atoms with Gasteiger partial charge < -0.3 is 44.4 Å². The third kappa shape index (κ3) is 14.7. The van der Waals surface area contributed by atoms with Gasteiger partial charge in [0.05, 0.1) is 75.3 Å². The Kier molecular flexibility index (Phi) is 17.1. The van der Waals surface area contributed by atoms with E-state index in [0.717, 1.165) is 16.7 Å². The summed E-state index contributed by atoms with van der Waals surface area (Å²) in [6, 6.07) is 22.7. The molecule has 6 bridgehead atoms. The Morgan fingerprint density at radius 3 is 0.861 bits per heavy atom. The number of carbonyl (C=O) groups excluding carboxylic acids is 3. The highest BCUT2D eigenvalue weighted by atomic mass is 16.5. The molecule has 0 fully saturated rings. The molecule has 0 radical (unpaired) electrons. The van der Waals surface area contributed by atoms with Crippen LogP contribution >= 0.6 is 0 Å². The molecule has 7 rings (SSSR count). The zero-order valence-corrected chi connectivity index (χ0v) is 42.8. The van der Waals surface area contributed by atoms with Crippen LogP contribution in [0.3, 0.4) is 0 Å². The molecule has 0 aliphatic carbocycles. The van der Waals surface area contributed by atoms with Crippen molar-refractivity contribution in [2.45, 2.75) is 118 Å². The number of benzene rings is 3. The summed E-state index contributed by atoms with van der Waals surface area (Å²) < 4.78 is 39.4. The van der Waals surface area contributed by atoms with Gasteiger partial charge >= 0.3 is 0 Å². The first-order chi connectivity index (χ1) is 34.3. The van der Waals surface area contributed by atoms with E-state index in [2.05, 4.69) is 93.2 Å². The molecule has 3 aromatic heterocycles. The molecule has 72 heavy (non-hydrogen) atoms. The molecule has 3 amide bonds. The van der Waals surface area contributed by atoms with Gasteiger partial charge in [0.25, 0.3) is 17.7 Å². The minimum Gasteiger partial charge on any atom is -0.483 e. The van der Waals surface area contributed by atoms with Gasteiger partial charge in [0.15, 0.2) is 19.8 Å². The molecule has 3 N–H and O–H groups in total. The molecule has 378 valence electrons. The lowest BCUT2D eigenvalue weighted by Crippen LogP contribution is -2.22. The predicted molar refractivity (Wildman–Crippen MR) is 276 cm³/mol. The van der Waals surface area contributed by atoms with Crippen LogP contribution in [0.2, 0.25) is 0 Å². The van der Waals surface area contributed by atoms with Crippen LogP contribution in [0.25, 0.3) is 0 Å². The molecule has 1 aliphatic heterocycles. The number of nitrogens with zero attached hydrogens (tertiary/aromatic N) is 3. The number of anilines is 3. The van der Waals surface area contributed by atoms with Gasteiger partial charge in [-0.25, -0.2) is 0 Å². The van der Waals surface area contributed by atoms with Crippen LogP contribution in [-0.4, -0.2) is 52.5 Å². The summed E-state index contributed by atoms with van der Waals surface area (Å²) >= 11 is 0. The van der Waals surface area contributed by atoms with Crippen molar-refractivity contribution in [3.05, 3.63) is 160 Å². The molecule has 0 atom stereocenters. The lowest BCUT2D eigenvalue weighted by atomic mass is 9.84. The van der Waals surface area contributed by atoms with Crippen LogP contribution in [0.5, 0.6) is 17.2 Å². The minimum atomic E-state index is -0.375. The smallest absolute Gasteiger partial charge is 0.262 e.